The third kappa shape index (κ3) is 2.38. The lowest BCUT2D eigenvalue weighted by Gasteiger charge is -2.16. The highest BCUT2D eigenvalue weighted by atomic mass is 35.5. The van der Waals surface area contributed by atoms with Crippen LogP contribution < -0.4 is 10.9 Å². The summed E-state index contributed by atoms with van der Waals surface area (Å²) in [6, 6.07) is 7.27. The Balaban J connectivity index is 2.30. The van der Waals surface area contributed by atoms with Crippen LogP contribution in [0.5, 0.6) is 0 Å². The number of hydrogen-bond acceptors (Lipinski definition) is 4. The van der Waals surface area contributed by atoms with Crippen molar-refractivity contribution in [2.45, 2.75) is 11.3 Å². The van der Waals surface area contributed by atoms with Crippen LogP contribution in [0.4, 0.5) is 0 Å². The lowest BCUT2D eigenvalue weighted by molar-refractivity contribution is 0.558. The van der Waals surface area contributed by atoms with Crippen LogP contribution in [0.3, 0.4) is 0 Å². The number of hydrazine groups is 1. The molecule has 2 rings (SSSR count). The molecule has 4 nitrogen and oxygen atoms in total. The van der Waals surface area contributed by atoms with Gasteiger partial charge in [-0.15, -0.1) is 0 Å². The summed E-state index contributed by atoms with van der Waals surface area (Å²) < 4.78 is 23.1. The Morgan fingerprint density at radius 1 is 1.31 bits per heavy atom. The average Bonchev–Trinajstić information content (AvgIpc) is 2.66. The molecule has 2 N–H and O–H groups in total. The topological polar surface area (TPSA) is 58.2 Å². The molecule has 0 spiro atoms. The summed E-state index contributed by atoms with van der Waals surface area (Å²) in [6.45, 7) is 0.597. The van der Waals surface area contributed by atoms with Gasteiger partial charge in [0.1, 0.15) is 5.37 Å². The monoisotopic (exact) mass is 260 g/mol. The van der Waals surface area contributed by atoms with Gasteiger partial charge in [0, 0.05) is 23.7 Å². The first-order valence-electron chi connectivity index (χ1n) is 4.91. The van der Waals surface area contributed by atoms with E-state index in [9.17, 15) is 8.42 Å². The van der Waals surface area contributed by atoms with Crippen LogP contribution >= 0.6 is 11.6 Å². The van der Waals surface area contributed by atoms with Crippen molar-refractivity contribution >= 4 is 21.4 Å². The first-order valence-corrected chi connectivity index (χ1v) is 7.24. The number of rotatable bonds is 2. The van der Waals surface area contributed by atoms with Gasteiger partial charge in [0.25, 0.3) is 0 Å². The largest absolute Gasteiger partial charge is 0.256 e. The van der Waals surface area contributed by atoms with E-state index in [0.29, 0.717) is 11.6 Å². The molecule has 1 fully saturated rings. The molecule has 6 heteroatoms. The van der Waals surface area contributed by atoms with Gasteiger partial charge in [-0.1, -0.05) is 23.7 Å². The normalized spacial score (nSPS) is 25.9. The van der Waals surface area contributed by atoms with Gasteiger partial charge in [0.2, 0.25) is 0 Å². The number of sulfone groups is 1. The molecule has 16 heavy (non-hydrogen) atoms. The Kier molecular flexibility index (Phi) is 3.21. The first kappa shape index (κ1) is 11.9. The molecular weight excluding hydrogens is 248 g/mol. The van der Waals surface area contributed by atoms with Gasteiger partial charge in [0.15, 0.2) is 9.84 Å². The van der Waals surface area contributed by atoms with E-state index < -0.39 is 15.2 Å². The number of benzene rings is 1. The van der Waals surface area contributed by atoms with Crippen molar-refractivity contribution in [1.29, 1.82) is 0 Å². The highest BCUT2D eigenvalue weighted by molar-refractivity contribution is 7.91. The molecule has 0 radical (unpaired) electrons. The van der Waals surface area contributed by atoms with Crippen molar-refractivity contribution in [3.05, 3.63) is 34.9 Å². The lowest BCUT2D eigenvalue weighted by Crippen LogP contribution is -2.37. The molecule has 0 aliphatic carbocycles. The minimum atomic E-state index is -3.12. The molecule has 0 aromatic heterocycles. The Morgan fingerprint density at radius 2 is 1.94 bits per heavy atom. The molecule has 2 unspecified atom stereocenters. The summed E-state index contributed by atoms with van der Waals surface area (Å²) in [5.74, 6) is -0.0766. The molecule has 1 aromatic rings. The second-order valence-corrected chi connectivity index (χ2v) is 6.54. The van der Waals surface area contributed by atoms with Crippen molar-refractivity contribution < 1.29 is 8.42 Å². The predicted octanol–water partition coefficient (Wildman–Crippen LogP) is 0.902. The zero-order valence-corrected chi connectivity index (χ0v) is 10.3. The van der Waals surface area contributed by atoms with Crippen LogP contribution in [0, 0.1) is 0 Å². The van der Waals surface area contributed by atoms with Crippen LogP contribution in [0.15, 0.2) is 24.3 Å². The van der Waals surface area contributed by atoms with Crippen LogP contribution in [-0.2, 0) is 9.84 Å². The highest BCUT2D eigenvalue weighted by Gasteiger charge is 2.35. The van der Waals surface area contributed by atoms with Gasteiger partial charge < -0.3 is 0 Å². The minimum absolute atomic E-state index is 0.0766. The molecule has 0 bridgehead atoms. The summed E-state index contributed by atoms with van der Waals surface area (Å²) in [4.78, 5) is 0. The van der Waals surface area contributed by atoms with E-state index in [1.165, 1.54) is 6.26 Å². The van der Waals surface area contributed by atoms with Crippen molar-refractivity contribution in [3.8, 4) is 0 Å². The minimum Gasteiger partial charge on any atom is -0.256 e. The van der Waals surface area contributed by atoms with Crippen molar-refractivity contribution in [2.75, 3.05) is 12.8 Å². The Morgan fingerprint density at radius 3 is 2.50 bits per heavy atom. The predicted molar refractivity (Wildman–Crippen MR) is 64.0 cm³/mol. The molecule has 0 saturated carbocycles. The van der Waals surface area contributed by atoms with Crippen LogP contribution in [0.2, 0.25) is 5.02 Å². The molecular formula is C10H13ClN2O2S. The zero-order chi connectivity index (χ0) is 11.8. The fourth-order valence-electron chi connectivity index (χ4n) is 1.89. The Hall–Kier alpha value is -0.620. The molecule has 0 amide bonds. The van der Waals surface area contributed by atoms with Crippen molar-refractivity contribution in [1.82, 2.24) is 10.9 Å². The second kappa shape index (κ2) is 4.33. The summed E-state index contributed by atoms with van der Waals surface area (Å²) in [5, 5.41) is 0.0762. The highest BCUT2D eigenvalue weighted by Crippen LogP contribution is 2.26. The van der Waals surface area contributed by atoms with E-state index in [4.69, 9.17) is 11.6 Å². The van der Waals surface area contributed by atoms with Gasteiger partial charge in [0.05, 0.1) is 0 Å². The van der Waals surface area contributed by atoms with Crippen LogP contribution in [-0.4, -0.2) is 26.6 Å². The SMILES string of the molecule is CS(=O)(=O)C1NNCC1c1ccc(Cl)cc1. The summed E-state index contributed by atoms with van der Waals surface area (Å²) >= 11 is 5.80. The van der Waals surface area contributed by atoms with E-state index in [1.54, 1.807) is 12.1 Å². The maximum absolute atomic E-state index is 11.6. The summed E-state index contributed by atoms with van der Waals surface area (Å²) in [7, 11) is -3.12. The second-order valence-electron chi connectivity index (χ2n) is 3.93. The van der Waals surface area contributed by atoms with Gasteiger partial charge >= 0.3 is 0 Å². The standard InChI is InChI=1S/C10H13ClN2O2S/c1-16(14,15)10-9(6-12-13-10)7-2-4-8(11)5-3-7/h2-5,9-10,12-13H,6H2,1H3. The third-order valence-corrected chi connectivity index (χ3v) is 4.31. The van der Waals surface area contributed by atoms with E-state index in [2.05, 4.69) is 10.9 Å². The maximum Gasteiger partial charge on any atom is 0.165 e. The van der Waals surface area contributed by atoms with Crippen LogP contribution in [0.25, 0.3) is 0 Å². The molecule has 1 aliphatic heterocycles. The Bertz CT molecular complexity index is 472. The van der Waals surface area contributed by atoms with Crippen molar-refractivity contribution in [2.24, 2.45) is 0 Å². The molecule has 1 aromatic carbocycles. The third-order valence-electron chi connectivity index (χ3n) is 2.69. The number of hydrogen-bond donors (Lipinski definition) is 2. The van der Waals surface area contributed by atoms with Gasteiger partial charge in [-0.3, -0.25) is 5.43 Å². The molecule has 1 heterocycles. The van der Waals surface area contributed by atoms with E-state index in [0.717, 1.165) is 5.56 Å². The molecule has 88 valence electrons. The smallest absolute Gasteiger partial charge is 0.165 e. The van der Waals surface area contributed by atoms with Gasteiger partial charge in [-0.05, 0) is 17.7 Å². The Labute approximate surface area is 99.9 Å². The summed E-state index contributed by atoms with van der Waals surface area (Å²) in [5.41, 5.74) is 6.64. The van der Waals surface area contributed by atoms with Gasteiger partial charge in [-0.2, -0.15) is 0 Å². The molecule has 2 atom stereocenters. The fourth-order valence-corrected chi connectivity index (χ4v) is 3.16. The van der Waals surface area contributed by atoms with E-state index in [-0.39, 0.29) is 5.92 Å². The average molecular weight is 261 g/mol. The van der Waals surface area contributed by atoms with E-state index >= 15 is 0 Å². The number of halogens is 1. The fraction of sp³-hybridized carbons (Fsp3) is 0.400. The van der Waals surface area contributed by atoms with Gasteiger partial charge in [-0.25, -0.2) is 13.8 Å². The summed E-state index contributed by atoms with van der Waals surface area (Å²) in [6.07, 6.45) is 1.24. The van der Waals surface area contributed by atoms with E-state index in [1.807, 2.05) is 12.1 Å². The number of nitrogens with one attached hydrogen (secondary N) is 2. The first-order chi connectivity index (χ1) is 7.48. The maximum atomic E-state index is 11.6. The molecule has 1 saturated heterocycles. The zero-order valence-electron chi connectivity index (χ0n) is 8.77. The molecule has 1 aliphatic rings. The quantitative estimate of drug-likeness (QED) is 0.830. The van der Waals surface area contributed by atoms with Crippen molar-refractivity contribution in [3.63, 3.8) is 0 Å². The lowest BCUT2D eigenvalue weighted by atomic mass is 10.0. The van der Waals surface area contributed by atoms with Crippen LogP contribution in [0.1, 0.15) is 11.5 Å².